The predicted octanol–water partition coefficient (Wildman–Crippen LogP) is 5.78. The Balaban J connectivity index is 2.25. The lowest BCUT2D eigenvalue weighted by molar-refractivity contribution is 0.872. The van der Waals surface area contributed by atoms with E-state index in [2.05, 4.69) is 44.3 Å². The molecular weight excluding hydrogens is 277 g/mol. The summed E-state index contributed by atoms with van der Waals surface area (Å²) in [5.41, 5.74) is 4.72. The van der Waals surface area contributed by atoms with Gasteiger partial charge in [-0.15, -0.1) is 0 Å². The number of halogens is 2. The highest BCUT2D eigenvalue weighted by Crippen LogP contribution is 2.29. The summed E-state index contributed by atoms with van der Waals surface area (Å²) in [5, 5.41) is 4.72. The van der Waals surface area contributed by atoms with Crippen LogP contribution in [0.15, 0.2) is 36.4 Å². The molecule has 3 heteroatoms. The van der Waals surface area contributed by atoms with Gasteiger partial charge in [-0.25, -0.2) is 0 Å². The highest BCUT2D eigenvalue weighted by Gasteiger charge is 2.10. The average Bonchev–Trinajstić information content (AvgIpc) is 2.35. The molecule has 0 saturated carbocycles. The molecule has 2 aromatic rings. The number of nitrogens with one attached hydrogen (secondary N) is 1. The van der Waals surface area contributed by atoms with Crippen molar-refractivity contribution in [3.8, 4) is 0 Å². The lowest BCUT2D eigenvalue weighted by Gasteiger charge is -2.19. The minimum Gasteiger partial charge on any atom is -0.377 e. The number of benzene rings is 2. The van der Waals surface area contributed by atoms with Crippen molar-refractivity contribution >= 4 is 28.9 Å². The van der Waals surface area contributed by atoms with Crippen molar-refractivity contribution in [2.45, 2.75) is 26.8 Å². The van der Waals surface area contributed by atoms with Gasteiger partial charge in [0.25, 0.3) is 0 Å². The summed E-state index contributed by atoms with van der Waals surface area (Å²) in [4.78, 5) is 0. The Bertz CT molecular complexity index is 593. The van der Waals surface area contributed by atoms with E-state index in [1.165, 1.54) is 16.7 Å². The van der Waals surface area contributed by atoms with Crippen LogP contribution in [0.2, 0.25) is 10.0 Å². The maximum Gasteiger partial charge on any atom is 0.0652 e. The number of hydrogen-bond donors (Lipinski definition) is 1. The van der Waals surface area contributed by atoms with Gasteiger partial charge in [-0.05, 0) is 50.1 Å². The minimum absolute atomic E-state index is 0.193. The molecule has 1 nitrogen and oxygen atoms in total. The normalized spacial score (nSPS) is 12.3. The molecule has 0 aliphatic carbocycles. The Kier molecular flexibility index (Phi) is 4.38. The van der Waals surface area contributed by atoms with E-state index in [-0.39, 0.29) is 6.04 Å². The Labute approximate surface area is 124 Å². The van der Waals surface area contributed by atoms with Crippen molar-refractivity contribution in [2.75, 3.05) is 5.32 Å². The fraction of sp³-hybridized carbons (Fsp3) is 0.250. The number of rotatable bonds is 3. The Morgan fingerprint density at radius 3 is 2.42 bits per heavy atom. The summed E-state index contributed by atoms with van der Waals surface area (Å²) in [5.74, 6) is 0. The lowest BCUT2D eigenvalue weighted by Crippen LogP contribution is -2.08. The zero-order valence-electron chi connectivity index (χ0n) is 11.3. The lowest BCUT2D eigenvalue weighted by atomic mass is 10.00. The van der Waals surface area contributed by atoms with E-state index in [1.54, 1.807) is 6.07 Å². The van der Waals surface area contributed by atoms with Crippen molar-refractivity contribution in [3.05, 3.63) is 63.1 Å². The van der Waals surface area contributed by atoms with Crippen LogP contribution in [0.25, 0.3) is 0 Å². The summed E-state index contributed by atoms with van der Waals surface area (Å²) >= 11 is 12.1. The molecule has 1 unspecified atom stereocenters. The van der Waals surface area contributed by atoms with Crippen LogP contribution >= 0.6 is 23.2 Å². The molecule has 0 aliphatic heterocycles. The van der Waals surface area contributed by atoms with Crippen molar-refractivity contribution in [2.24, 2.45) is 0 Å². The van der Waals surface area contributed by atoms with E-state index in [1.807, 2.05) is 12.1 Å². The van der Waals surface area contributed by atoms with Crippen LogP contribution in [-0.4, -0.2) is 0 Å². The molecule has 0 bridgehead atoms. The first kappa shape index (κ1) is 14.2. The standard InChI is InChI=1S/C16H17Cl2N/c1-10-4-5-11(2)14(8-10)12(3)19-16-7-6-13(17)9-15(16)18/h4-9,12,19H,1-3H3. The van der Waals surface area contributed by atoms with Gasteiger partial charge >= 0.3 is 0 Å². The number of anilines is 1. The predicted molar refractivity (Wildman–Crippen MR) is 84.4 cm³/mol. The van der Waals surface area contributed by atoms with E-state index >= 15 is 0 Å². The van der Waals surface area contributed by atoms with Gasteiger partial charge in [0.05, 0.1) is 10.7 Å². The molecule has 0 radical (unpaired) electrons. The van der Waals surface area contributed by atoms with Gasteiger partial charge < -0.3 is 5.32 Å². The second kappa shape index (κ2) is 5.85. The fourth-order valence-corrected chi connectivity index (χ4v) is 2.61. The Hall–Kier alpha value is -1.18. The van der Waals surface area contributed by atoms with E-state index < -0.39 is 0 Å². The molecule has 0 aromatic heterocycles. The second-order valence-corrected chi connectivity index (χ2v) is 5.69. The van der Waals surface area contributed by atoms with Crippen molar-refractivity contribution < 1.29 is 0 Å². The number of hydrogen-bond acceptors (Lipinski definition) is 1. The molecule has 0 amide bonds. The quantitative estimate of drug-likeness (QED) is 0.756. The Morgan fingerprint density at radius 2 is 1.74 bits per heavy atom. The maximum atomic E-state index is 6.19. The van der Waals surface area contributed by atoms with Crippen LogP contribution in [0.4, 0.5) is 5.69 Å². The second-order valence-electron chi connectivity index (χ2n) is 4.85. The maximum absolute atomic E-state index is 6.19. The monoisotopic (exact) mass is 293 g/mol. The summed E-state index contributed by atoms with van der Waals surface area (Å²) in [6.07, 6.45) is 0. The van der Waals surface area contributed by atoms with Gasteiger partial charge in [-0.1, -0.05) is 47.0 Å². The van der Waals surface area contributed by atoms with E-state index in [9.17, 15) is 0 Å². The first-order valence-corrected chi connectivity index (χ1v) is 7.01. The first-order valence-electron chi connectivity index (χ1n) is 6.26. The molecule has 0 saturated heterocycles. The smallest absolute Gasteiger partial charge is 0.0652 e. The van der Waals surface area contributed by atoms with Gasteiger partial charge in [-0.2, -0.15) is 0 Å². The van der Waals surface area contributed by atoms with Crippen molar-refractivity contribution in [3.63, 3.8) is 0 Å². The van der Waals surface area contributed by atoms with Crippen LogP contribution in [-0.2, 0) is 0 Å². The average molecular weight is 294 g/mol. The molecule has 1 atom stereocenters. The molecule has 0 fully saturated rings. The van der Waals surface area contributed by atoms with Gasteiger partial charge in [0.15, 0.2) is 0 Å². The topological polar surface area (TPSA) is 12.0 Å². The molecule has 19 heavy (non-hydrogen) atoms. The fourth-order valence-electron chi connectivity index (χ4n) is 2.14. The Morgan fingerprint density at radius 1 is 1.00 bits per heavy atom. The van der Waals surface area contributed by atoms with E-state index in [0.29, 0.717) is 10.0 Å². The largest absolute Gasteiger partial charge is 0.377 e. The molecule has 2 aromatic carbocycles. The summed E-state index contributed by atoms with van der Waals surface area (Å²) < 4.78 is 0. The van der Waals surface area contributed by atoms with Crippen LogP contribution in [0, 0.1) is 13.8 Å². The highest BCUT2D eigenvalue weighted by molar-refractivity contribution is 6.36. The minimum atomic E-state index is 0.193. The van der Waals surface area contributed by atoms with Gasteiger partial charge in [0.2, 0.25) is 0 Å². The van der Waals surface area contributed by atoms with E-state index in [0.717, 1.165) is 5.69 Å². The molecule has 0 aliphatic rings. The zero-order chi connectivity index (χ0) is 14.0. The third kappa shape index (κ3) is 3.43. The number of aryl methyl sites for hydroxylation is 2. The first-order chi connectivity index (χ1) is 8.97. The molecule has 100 valence electrons. The molecular formula is C16H17Cl2N. The SMILES string of the molecule is Cc1ccc(C)c(C(C)Nc2ccc(Cl)cc2Cl)c1. The van der Waals surface area contributed by atoms with Crippen LogP contribution < -0.4 is 5.32 Å². The molecule has 1 N–H and O–H groups in total. The molecule has 2 rings (SSSR count). The van der Waals surface area contributed by atoms with Gasteiger partial charge in [-0.3, -0.25) is 0 Å². The van der Waals surface area contributed by atoms with Crippen molar-refractivity contribution in [1.82, 2.24) is 0 Å². The highest BCUT2D eigenvalue weighted by atomic mass is 35.5. The summed E-state index contributed by atoms with van der Waals surface area (Å²) in [7, 11) is 0. The third-order valence-electron chi connectivity index (χ3n) is 3.20. The van der Waals surface area contributed by atoms with Crippen LogP contribution in [0.3, 0.4) is 0 Å². The third-order valence-corrected chi connectivity index (χ3v) is 3.75. The van der Waals surface area contributed by atoms with Crippen LogP contribution in [0.5, 0.6) is 0 Å². The van der Waals surface area contributed by atoms with Crippen molar-refractivity contribution in [1.29, 1.82) is 0 Å². The van der Waals surface area contributed by atoms with Crippen LogP contribution in [0.1, 0.15) is 29.7 Å². The summed E-state index contributed by atoms with van der Waals surface area (Å²) in [6.45, 7) is 6.36. The van der Waals surface area contributed by atoms with Gasteiger partial charge in [0, 0.05) is 11.1 Å². The van der Waals surface area contributed by atoms with Gasteiger partial charge in [0.1, 0.15) is 0 Å². The summed E-state index contributed by atoms with van der Waals surface area (Å²) in [6, 6.07) is 12.2. The zero-order valence-corrected chi connectivity index (χ0v) is 12.8. The molecule has 0 spiro atoms. The van der Waals surface area contributed by atoms with E-state index in [4.69, 9.17) is 23.2 Å². The molecule has 0 heterocycles.